The number of rotatable bonds is 9. The lowest BCUT2D eigenvalue weighted by atomic mass is 9.92. The number of hydrogen-bond donors (Lipinski definition) is 2. The fourth-order valence-electron chi connectivity index (χ4n) is 3.81. The second-order valence-electron chi connectivity index (χ2n) is 8.18. The summed E-state index contributed by atoms with van der Waals surface area (Å²) in [5.41, 5.74) is 2.07. The van der Waals surface area contributed by atoms with Gasteiger partial charge in [-0.2, -0.15) is 5.26 Å². The van der Waals surface area contributed by atoms with E-state index in [1.165, 1.54) is 18.2 Å². The van der Waals surface area contributed by atoms with Gasteiger partial charge in [0.15, 0.2) is 0 Å². The Hall–Kier alpha value is -4.03. The van der Waals surface area contributed by atoms with Crippen LogP contribution in [0.4, 0.5) is 13.2 Å². The van der Waals surface area contributed by atoms with E-state index >= 15 is 0 Å². The first-order valence-corrected chi connectivity index (χ1v) is 11.6. The van der Waals surface area contributed by atoms with Gasteiger partial charge >= 0.3 is 6.36 Å². The van der Waals surface area contributed by atoms with Crippen LogP contribution in [0.2, 0.25) is 5.02 Å². The highest BCUT2D eigenvalue weighted by molar-refractivity contribution is 6.33. The van der Waals surface area contributed by atoms with Crippen LogP contribution in [0.5, 0.6) is 5.75 Å². The minimum absolute atomic E-state index is 0.0427. The van der Waals surface area contributed by atoms with E-state index in [4.69, 9.17) is 16.9 Å². The number of carbonyl (C=O) groups is 2. The van der Waals surface area contributed by atoms with Crippen LogP contribution in [0, 0.1) is 11.3 Å². The van der Waals surface area contributed by atoms with Crippen LogP contribution < -0.4 is 15.4 Å². The van der Waals surface area contributed by atoms with E-state index in [0.29, 0.717) is 5.02 Å². The van der Waals surface area contributed by atoms with Gasteiger partial charge in [0, 0.05) is 16.1 Å². The molecule has 0 fully saturated rings. The first-order valence-electron chi connectivity index (χ1n) is 11.2. The van der Waals surface area contributed by atoms with E-state index in [1.54, 1.807) is 55.5 Å². The minimum atomic E-state index is -4.89. The third kappa shape index (κ3) is 7.72. The molecule has 3 aromatic rings. The second kappa shape index (κ2) is 12.3. The Morgan fingerprint density at radius 3 is 2.32 bits per heavy atom. The van der Waals surface area contributed by atoms with Gasteiger partial charge in [0.2, 0.25) is 5.91 Å². The highest BCUT2D eigenvalue weighted by Crippen LogP contribution is 2.33. The Morgan fingerprint density at radius 2 is 1.68 bits per heavy atom. The van der Waals surface area contributed by atoms with Gasteiger partial charge in [0.1, 0.15) is 18.3 Å². The largest absolute Gasteiger partial charge is 0.573 e. The predicted molar refractivity (Wildman–Crippen MR) is 133 cm³/mol. The molecule has 0 unspecified atom stereocenters. The van der Waals surface area contributed by atoms with E-state index in [0.717, 1.165) is 11.1 Å². The standard InChI is InChI=1S/C27H23ClF3N3O3/c1-17(20-6-3-5-9-24(20)37-27(29,30)31)16-23(26(36)33-15-14-32)34-25(35)19-12-10-18(11-13-19)21-7-2-4-8-22(21)28/h2-13,17,23H,15-16H2,1H3,(H,33,36)(H,34,35)/t17-,23-/m0/s1. The van der Waals surface area contributed by atoms with Crippen molar-refractivity contribution in [2.24, 2.45) is 0 Å². The molecule has 6 nitrogen and oxygen atoms in total. The molecule has 0 spiro atoms. The van der Waals surface area contributed by atoms with E-state index in [9.17, 15) is 22.8 Å². The number of benzene rings is 3. The molecule has 3 aromatic carbocycles. The first-order chi connectivity index (χ1) is 17.6. The molecule has 0 saturated carbocycles. The lowest BCUT2D eigenvalue weighted by Crippen LogP contribution is -2.47. The zero-order valence-electron chi connectivity index (χ0n) is 19.7. The number of carbonyl (C=O) groups excluding carboxylic acids is 2. The van der Waals surface area contributed by atoms with Crippen LogP contribution in [0.25, 0.3) is 11.1 Å². The van der Waals surface area contributed by atoms with E-state index in [2.05, 4.69) is 15.4 Å². The van der Waals surface area contributed by atoms with Gasteiger partial charge in [-0.3, -0.25) is 9.59 Å². The third-order valence-electron chi connectivity index (χ3n) is 5.56. The van der Waals surface area contributed by atoms with Crippen molar-refractivity contribution in [1.29, 1.82) is 5.26 Å². The molecule has 0 aromatic heterocycles. The Balaban J connectivity index is 1.79. The lowest BCUT2D eigenvalue weighted by Gasteiger charge is -2.23. The summed E-state index contributed by atoms with van der Waals surface area (Å²) in [6.07, 6.45) is -4.93. The van der Waals surface area contributed by atoms with Crippen LogP contribution in [0.3, 0.4) is 0 Å². The van der Waals surface area contributed by atoms with Gasteiger partial charge in [-0.1, -0.05) is 67.1 Å². The second-order valence-corrected chi connectivity index (χ2v) is 8.59. The zero-order chi connectivity index (χ0) is 27.0. The molecule has 10 heteroatoms. The molecule has 2 N–H and O–H groups in total. The number of alkyl halides is 3. The predicted octanol–water partition coefficient (Wildman–Crippen LogP) is 5.84. The van der Waals surface area contributed by atoms with Crippen LogP contribution in [-0.2, 0) is 4.79 Å². The molecule has 3 rings (SSSR count). The van der Waals surface area contributed by atoms with Gasteiger partial charge < -0.3 is 15.4 Å². The van der Waals surface area contributed by atoms with Gasteiger partial charge in [-0.15, -0.1) is 13.2 Å². The Bertz CT molecular complexity index is 1290. The summed E-state index contributed by atoms with van der Waals surface area (Å²) in [7, 11) is 0. The molecule has 0 aliphatic carbocycles. The molecular formula is C27H23ClF3N3O3. The maximum absolute atomic E-state index is 13.0. The van der Waals surface area contributed by atoms with Crippen molar-refractivity contribution in [1.82, 2.24) is 10.6 Å². The summed E-state index contributed by atoms with van der Waals surface area (Å²) in [5, 5.41) is 14.4. The van der Waals surface area contributed by atoms with Crippen molar-refractivity contribution in [3.8, 4) is 22.9 Å². The molecule has 0 radical (unpaired) electrons. The molecular weight excluding hydrogens is 507 g/mol. The molecule has 192 valence electrons. The van der Waals surface area contributed by atoms with Crippen molar-refractivity contribution < 1.29 is 27.5 Å². The van der Waals surface area contributed by atoms with Crippen molar-refractivity contribution in [3.05, 3.63) is 88.9 Å². The highest BCUT2D eigenvalue weighted by atomic mass is 35.5. The van der Waals surface area contributed by atoms with Crippen LogP contribution in [-0.4, -0.2) is 30.8 Å². The number of nitriles is 1. The summed E-state index contributed by atoms with van der Waals surface area (Å²) in [6.45, 7) is 1.33. The van der Waals surface area contributed by atoms with E-state index in [1.807, 2.05) is 12.1 Å². The zero-order valence-corrected chi connectivity index (χ0v) is 20.4. The third-order valence-corrected chi connectivity index (χ3v) is 5.89. The molecule has 0 bridgehead atoms. The maximum Gasteiger partial charge on any atom is 0.573 e. The van der Waals surface area contributed by atoms with Crippen molar-refractivity contribution in [2.75, 3.05) is 6.54 Å². The smallest absolute Gasteiger partial charge is 0.405 e. The number of amides is 2. The van der Waals surface area contributed by atoms with Crippen LogP contribution >= 0.6 is 11.6 Å². The Labute approximate surface area is 217 Å². The molecule has 0 saturated heterocycles. The SMILES string of the molecule is C[C@@H](C[C@H](NC(=O)c1ccc(-c2ccccc2Cl)cc1)C(=O)NCC#N)c1ccccc1OC(F)(F)F. The van der Waals surface area contributed by atoms with Crippen LogP contribution in [0.15, 0.2) is 72.8 Å². The van der Waals surface area contributed by atoms with Crippen molar-refractivity contribution in [3.63, 3.8) is 0 Å². The number of para-hydroxylation sites is 1. The number of nitrogens with zero attached hydrogens (tertiary/aromatic N) is 1. The minimum Gasteiger partial charge on any atom is -0.405 e. The summed E-state index contributed by atoms with van der Waals surface area (Å²) < 4.78 is 42.7. The van der Waals surface area contributed by atoms with Crippen molar-refractivity contribution in [2.45, 2.75) is 31.7 Å². The molecule has 2 amide bonds. The fourth-order valence-corrected chi connectivity index (χ4v) is 4.05. The van der Waals surface area contributed by atoms with Gasteiger partial charge in [-0.25, -0.2) is 0 Å². The Morgan fingerprint density at radius 1 is 1.03 bits per heavy atom. The fraction of sp³-hybridized carbons (Fsp3) is 0.222. The van der Waals surface area contributed by atoms with Crippen LogP contribution in [0.1, 0.15) is 35.2 Å². The lowest BCUT2D eigenvalue weighted by molar-refractivity contribution is -0.275. The molecule has 2 atom stereocenters. The molecule has 0 aliphatic rings. The van der Waals surface area contributed by atoms with E-state index < -0.39 is 30.1 Å². The number of ether oxygens (including phenoxy) is 1. The number of hydrogen-bond acceptors (Lipinski definition) is 4. The summed E-state index contributed by atoms with van der Waals surface area (Å²) >= 11 is 6.23. The maximum atomic E-state index is 13.0. The molecule has 37 heavy (non-hydrogen) atoms. The average molecular weight is 530 g/mol. The van der Waals surface area contributed by atoms with Gasteiger partial charge in [0.25, 0.3) is 5.91 Å². The number of nitrogens with one attached hydrogen (secondary N) is 2. The topological polar surface area (TPSA) is 91.2 Å². The first kappa shape index (κ1) is 27.6. The number of halogens is 4. The van der Waals surface area contributed by atoms with Crippen molar-refractivity contribution >= 4 is 23.4 Å². The normalized spacial score (nSPS) is 12.6. The van der Waals surface area contributed by atoms with Gasteiger partial charge in [-0.05, 0) is 47.7 Å². The Kier molecular flexibility index (Phi) is 9.15. The highest BCUT2D eigenvalue weighted by Gasteiger charge is 2.33. The quantitative estimate of drug-likeness (QED) is 0.341. The summed E-state index contributed by atoms with van der Waals surface area (Å²) in [6, 6.07) is 20.1. The average Bonchev–Trinajstić information content (AvgIpc) is 2.86. The molecule has 0 aliphatic heterocycles. The van der Waals surface area contributed by atoms with Gasteiger partial charge in [0.05, 0.1) is 6.07 Å². The monoisotopic (exact) mass is 529 g/mol. The molecule has 0 heterocycles. The summed E-state index contributed by atoms with van der Waals surface area (Å²) in [4.78, 5) is 25.7. The van der Waals surface area contributed by atoms with E-state index in [-0.39, 0.29) is 29.8 Å². The summed E-state index contributed by atoms with van der Waals surface area (Å²) in [5.74, 6) is -2.20.